The lowest BCUT2D eigenvalue weighted by atomic mass is 10.0. The second-order valence-electron chi connectivity index (χ2n) is 6.42. The summed E-state index contributed by atoms with van der Waals surface area (Å²) in [6.07, 6.45) is 0. The van der Waals surface area contributed by atoms with Gasteiger partial charge in [-0.25, -0.2) is 0 Å². The molecule has 140 valence electrons. The number of hydrogen-bond acceptors (Lipinski definition) is 6. The molecule has 1 atom stereocenters. The molecule has 0 spiro atoms. The fraction of sp³-hybridized carbons (Fsp3) is 0.412. The third kappa shape index (κ3) is 4.05. The summed E-state index contributed by atoms with van der Waals surface area (Å²) in [7, 11) is 5.19. The number of amides is 2. The van der Waals surface area contributed by atoms with Crippen LogP contribution in [0.15, 0.2) is 29.7 Å². The van der Waals surface area contributed by atoms with Crippen LogP contribution in [-0.4, -0.2) is 78.3 Å². The molecule has 0 radical (unpaired) electrons. The fourth-order valence-electron chi connectivity index (χ4n) is 2.79. The van der Waals surface area contributed by atoms with Crippen LogP contribution in [0.3, 0.4) is 0 Å². The van der Waals surface area contributed by atoms with E-state index in [-0.39, 0.29) is 34.5 Å². The van der Waals surface area contributed by atoms with E-state index in [0.29, 0.717) is 18.7 Å². The van der Waals surface area contributed by atoms with Crippen LogP contribution in [0, 0.1) is 10.1 Å². The summed E-state index contributed by atoms with van der Waals surface area (Å²) in [4.78, 5) is 40.8. The highest BCUT2D eigenvalue weighted by Gasteiger charge is 2.34. The molecule has 1 aromatic rings. The monoisotopic (exact) mass is 378 g/mol. The van der Waals surface area contributed by atoms with Crippen LogP contribution in [0.1, 0.15) is 5.56 Å². The van der Waals surface area contributed by atoms with Crippen LogP contribution in [-0.2, 0) is 9.59 Å². The number of likely N-dealkylation sites (N-methyl/N-ethyl adjacent to an activating group) is 2. The van der Waals surface area contributed by atoms with Gasteiger partial charge in [0.2, 0.25) is 5.91 Å². The average molecular weight is 378 g/mol. The molecule has 1 unspecified atom stereocenters. The second kappa shape index (κ2) is 7.88. The molecule has 1 fully saturated rings. The summed E-state index contributed by atoms with van der Waals surface area (Å²) in [5.41, 5.74) is 0.342. The number of rotatable bonds is 4. The number of hydrogen-bond donors (Lipinski definition) is 1. The van der Waals surface area contributed by atoms with E-state index < -0.39 is 11.0 Å². The average Bonchev–Trinajstić information content (AvgIpc) is 2.60. The molecular weight excluding hydrogens is 356 g/mol. The van der Waals surface area contributed by atoms with E-state index in [1.165, 1.54) is 17.0 Å². The Labute approximate surface area is 157 Å². The minimum absolute atomic E-state index is 0.0781. The van der Waals surface area contributed by atoms with Crippen molar-refractivity contribution in [1.82, 2.24) is 14.7 Å². The highest BCUT2D eigenvalue weighted by atomic mass is 32.1. The number of nitro benzene ring substituents is 1. The van der Waals surface area contributed by atoms with Gasteiger partial charge < -0.3 is 9.80 Å². The van der Waals surface area contributed by atoms with Crippen molar-refractivity contribution in [2.45, 2.75) is 10.9 Å². The minimum atomic E-state index is -0.550. The molecule has 0 bridgehead atoms. The lowest BCUT2D eigenvalue weighted by Crippen LogP contribution is -2.58. The van der Waals surface area contributed by atoms with Crippen molar-refractivity contribution in [2.24, 2.45) is 0 Å². The molecule has 2 rings (SSSR count). The first-order chi connectivity index (χ1) is 12.1. The molecule has 0 saturated carbocycles. The molecule has 0 aliphatic carbocycles. The fourth-order valence-corrected chi connectivity index (χ4v) is 3.02. The molecule has 0 N–H and O–H groups in total. The Hall–Kier alpha value is -2.39. The number of benzene rings is 1. The van der Waals surface area contributed by atoms with Crippen molar-refractivity contribution in [3.05, 3.63) is 40.5 Å². The van der Waals surface area contributed by atoms with Gasteiger partial charge in [0.15, 0.2) is 0 Å². The predicted molar refractivity (Wildman–Crippen MR) is 101 cm³/mol. The van der Waals surface area contributed by atoms with Gasteiger partial charge in [0.05, 0.1) is 9.82 Å². The first-order valence-corrected chi connectivity index (χ1v) is 8.45. The van der Waals surface area contributed by atoms with Crippen LogP contribution in [0.25, 0.3) is 5.57 Å². The van der Waals surface area contributed by atoms with Gasteiger partial charge in [-0.2, -0.15) is 0 Å². The topological polar surface area (TPSA) is 87.0 Å². The number of nitro groups is 1. The van der Waals surface area contributed by atoms with Gasteiger partial charge in [-0.15, -0.1) is 12.6 Å². The Bertz CT molecular complexity index is 765. The Morgan fingerprint density at radius 2 is 2.00 bits per heavy atom. The number of carbonyl (C=O) groups is 2. The Morgan fingerprint density at radius 1 is 1.35 bits per heavy atom. The maximum Gasteiger partial charge on any atom is 0.283 e. The van der Waals surface area contributed by atoms with Crippen LogP contribution >= 0.6 is 12.6 Å². The third-order valence-corrected chi connectivity index (χ3v) is 4.82. The molecule has 9 heteroatoms. The SMILES string of the molecule is C=C(C(=O)N1CCN(C)C(C(=O)N(C)C)C1)c1ccc(S)c([N+](=O)[O-])c1. The zero-order valence-corrected chi connectivity index (χ0v) is 15.9. The van der Waals surface area contributed by atoms with Crippen LogP contribution in [0.4, 0.5) is 5.69 Å². The molecule has 26 heavy (non-hydrogen) atoms. The molecule has 0 aromatic heterocycles. The zero-order valence-electron chi connectivity index (χ0n) is 15.0. The molecule has 2 amide bonds. The van der Waals surface area contributed by atoms with E-state index in [0.717, 1.165) is 0 Å². The first kappa shape index (κ1) is 19.9. The quantitative estimate of drug-likeness (QED) is 0.367. The van der Waals surface area contributed by atoms with E-state index in [1.54, 1.807) is 25.1 Å². The highest BCUT2D eigenvalue weighted by Crippen LogP contribution is 2.27. The lowest BCUT2D eigenvalue weighted by molar-refractivity contribution is -0.387. The summed E-state index contributed by atoms with van der Waals surface area (Å²) in [6, 6.07) is 3.91. The lowest BCUT2D eigenvalue weighted by Gasteiger charge is -2.39. The van der Waals surface area contributed by atoms with Gasteiger partial charge in [0, 0.05) is 45.4 Å². The van der Waals surface area contributed by atoms with Crippen molar-refractivity contribution in [2.75, 3.05) is 40.8 Å². The van der Waals surface area contributed by atoms with Gasteiger partial charge in [0.1, 0.15) is 6.04 Å². The van der Waals surface area contributed by atoms with E-state index in [9.17, 15) is 19.7 Å². The maximum absolute atomic E-state index is 12.8. The number of piperazine rings is 1. The van der Waals surface area contributed by atoms with Crippen LogP contribution in [0.5, 0.6) is 0 Å². The van der Waals surface area contributed by atoms with Gasteiger partial charge >= 0.3 is 0 Å². The van der Waals surface area contributed by atoms with Gasteiger partial charge in [-0.3, -0.25) is 24.6 Å². The summed E-state index contributed by atoms with van der Waals surface area (Å²) in [5.74, 6) is -0.415. The smallest absolute Gasteiger partial charge is 0.283 e. The third-order valence-electron chi connectivity index (χ3n) is 4.44. The van der Waals surface area contributed by atoms with Crippen molar-refractivity contribution >= 4 is 35.7 Å². The van der Waals surface area contributed by atoms with Crippen molar-refractivity contribution in [3.8, 4) is 0 Å². The molecule has 1 aliphatic rings. The molecular formula is C17H22N4O4S. The van der Waals surface area contributed by atoms with Crippen molar-refractivity contribution in [3.63, 3.8) is 0 Å². The first-order valence-electron chi connectivity index (χ1n) is 8.00. The Balaban J connectivity index is 2.20. The Kier molecular flexibility index (Phi) is 6.04. The van der Waals surface area contributed by atoms with Crippen LogP contribution < -0.4 is 0 Å². The molecule has 8 nitrogen and oxygen atoms in total. The molecule has 1 saturated heterocycles. The molecule has 1 aromatic carbocycles. The van der Waals surface area contributed by atoms with Gasteiger partial charge in [-0.1, -0.05) is 12.6 Å². The number of carbonyl (C=O) groups excluding carboxylic acids is 2. The van der Waals surface area contributed by atoms with E-state index in [2.05, 4.69) is 19.2 Å². The maximum atomic E-state index is 12.8. The van der Waals surface area contributed by atoms with Crippen molar-refractivity contribution in [1.29, 1.82) is 0 Å². The van der Waals surface area contributed by atoms with Crippen LogP contribution in [0.2, 0.25) is 0 Å². The second-order valence-corrected chi connectivity index (χ2v) is 6.90. The summed E-state index contributed by atoms with van der Waals surface area (Å²) in [6.45, 7) is 5.07. The normalized spacial score (nSPS) is 17.7. The highest BCUT2D eigenvalue weighted by molar-refractivity contribution is 7.80. The molecule has 1 heterocycles. The van der Waals surface area contributed by atoms with E-state index in [1.807, 2.05) is 11.9 Å². The van der Waals surface area contributed by atoms with Gasteiger partial charge in [0.25, 0.3) is 11.6 Å². The Morgan fingerprint density at radius 3 is 2.58 bits per heavy atom. The van der Waals surface area contributed by atoms with Crippen molar-refractivity contribution < 1.29 is 14.5 Å². The van der Waals surface area contributed by atoms with E-state index >= 15 is 0 Å². The number of nitrogens with zero attached hydrogens (tertiary/aromatic N) is 4. The number of thiol groups is 1. The summed E-state index contributed by atoms with van der Waals surface area (Å²) in [5, 5.41) is 11.1. The molecule has 1 aliphatic heterocycles. The zero-order chi connectivity index (χ0) is 19.6. The summed E-state index contributed by atoms with van der Waals surface area (Å²) < 4.78 is 0. The van der Waals surface area contributed by atoms with Gasteiger partial charge in [-0.05, 0) is 18.7 Å². The summed E-state index contributed by atoms with van der Waals surface area (Å²) >= 11 is 4.06. The largest absolute Gasteiger partial charge is 0.347 e. The minimum Gasteiger partial charge on any atom is -0.347 e. The van der Waals surface area contributed by atoms with E-state index in [4.69, 9.17) is 0 Å². The predicted octanol–water partition coefficient (Wildman–Crippen LogP) is 1.13. The standard InChI is InChI=1S/C17H22N4O4S/c1-11(12-5-6-15(26)13(9-12)21(24)25)16(22)20-8-7-19(4)14(10-20)17(23)18(2)3/h5-6,9,14,26H,1,7-8,10H2,2-4H3.